The second kappa shape index (κ2) is 17.7. The Morgan fingerprint density at radius 2 is 0.747 bits per heavy atom. The van der Waals surface area contributed by atoms with Crippen LogP contribution in [0.4, 0.5) is 51.2 Å². The second-order valence-electron chi connectivity index (χ2n) is 26.5. The summed E-state index contributed by atoms with van der Waals surface area (Å²) in [5.41, 5.74) is 22.6. The van der Waals surface area contributed by atoms with Gasteiger partial charge >= 0.3 is 0 Å². The van der Waals surface area contributed by atoms with Crippen LogP contribution in [0.3, 0.4) is 0 Å². The van der Waals surface area contributed by atoms with Gasteiger partial charge in [-0.3, -0.25) is 0 Å². The maximum Gasteiger partial charge on any atom is 0.252 e. The van der Waals surface area contributed by atoms with Crippen LogP contribution >= 0.6 is 0 Å². The first-order valence-electron chi connectivity index (χ1n) is 27.1. The van der Waals surface area contributed by atoms with Crippen LogP contribution in [-0.2, 0) is 27.1 Å². The number of rotatable bonds is 6. The van der Waals surface area contributed by atoms with E-state index in [-0.39, 0.29) is 33.8 Å². The zero-order chi connectivity index (χ0) is 53.1. The monoisotopic (exact) mass is 984 g/mol. The van der Waals surface area contributed by atoms with E-state index in [1.807, 2.05) is 12.1 Å². The third-order valence-corrected chi connectivity index (χ3v) is 15.9. The van der Waals surface area contributed by atoms with E-state index in [0.717, 1.165) is 50.7 Å². The lowest BCUT2D eigenvalue weighted by atomic mass is 9.33. The number of hydrogen-bond donors (Lipinski definition) is 0. The standard InChI is InChI=1S/C70H74BN3O/c1-66(2,3)47-22-32-53(33-23-47)72(52-30-20-45(21-31-52)64-40-46-18-16-17-19-63(46)75-64)56-43-61-65-62(44-56)74(55-36-26-49(27-37-55)68(7,8)9)60-39-29-51(70(13,14)15)42-58(60)71(65)57-41-50(69(10,11)12)28-38-59(57)73(61)54-34-24-48(25-35-54)67(4,5)6/h16-44H,1-15H3. The number of benzene rings is 8. The molecule has 0 saturated heterocycles. The average molecular weight is 984 g/mol. The van der Waals surface area contributed by atoms with Crippen LogP contribution in [0.25, 0.3) is 22.3 Å². The minimum absolute atomic E-state index is 0.00459. The molecule has 0 N–H and O–H groups in total. The van der Waals surface area contributed by atoms with Crippen LogP contribution in [0.5, 0.6) is 0 Å². The Morgan fingerprint density at radius 1 is 0.360 bits per heavy atom. The lowest BCUT2D eigenvalue weighted by molar-refractivity contribution is 0.590. The van der Waals surface area contributed by atoms with Crippen LogP contribution in [0.2, 0.25) is 0 Å². The number of furan rings is 1. The van der Waals surface area contributed by atoms with E-state index in [2.05, 4.69) is 282 Å². The molecule has 3 heterocycles. The highest BCUT2D eigenvalue weighted by Crippen LogP contribution is 2.49. The average Bonchev–Trinajstić information content (AvgIpc) is 3.80. The first-order valence-corrected chi connectivity index (χ1v) is 27.1. The van der Waals surface area contributed by atoms with Crippen molar-refractivity contribution < 1.29 is 4.42 Å². The molecular formula is C70H74BN3O. The molecule has 0 spiro atoms. The van der Waals surface area contributed by atoms with E-state index in [1.165, 1.54) is 67.0 Å². The minimum Gasteiger partial charge on any atom is -0.456 e. The van der Waals surface area contributed by atoms with Gasteiger partial charge in [-0.25, -0.2) is 0 Å². The summed E-state index contributed by atoms with van der Waals surface area (Å²) in [6, 6.07) is 66.9. The van der Waals surface area contributed by atoms with Crippen molar-refractivity contribution >= 4 is 85.3 Å². The van der Waals surface area contributed by atoms with Crippen molar-refractivity contribution in [3.05, 3.63) is 204 Å². The molecule has 0 saturated carbocycles. The molecule has 2 aliphatic heterocycles. The Morgan fingerprint density at radius 3 is 1.16 bits per heavy atom. The molecule has 5 heteroatoms. The van der Waals surface area contributed by atoms with Crippen molar-refractivity contribution in [1.29, 1.82) is 0 Å². The van der Waals surface area contributed by atoms with Crippen molar-refractivity contribution in [1.82, 2.24) is 0 Å². The van der Waals surface area contributed by atoms with Gasteiger partial charge < -0.3 is 19.1 Å². The maximum atomic E-state index is 6.42. The maximum absolute atomic E-state index is 6.42. The van der Waals surface area contributed by atoms with E-state index in [1.54, 1.807) is 0 Å². The van der Waals surface area contributed by atoms with Crippen LogP contribution in [-0.4, -0.2) is 6.71 Å². The quantitative estimate of drug-likeness (QED) is 0.155. The third-order valence-electron chi connectivity index (χ3n) is 15.9. The van der Waals surface area contributed by atoms with Crippen molar-refractivity contribution in [2.24, 2.45) is 0 Å². The van der Waals surface area contributed by atoms with E-state index in [0.29, 0.717) is 0 Å². The molecule has 378 valence electrons. The van der Waals surface area contributed by atoms with Gasteiger partial charge in [-0.1, -0.05) is 183 Å². The summed E-state index contributed by atoms with van der Waals surface area (Å²) >= 11 is 0. The summed E-state index contributed by atoms with van der Waals surface area (Å²) in [6.07, 6.45) is 0. The second-order valence-corrected chi connectivity index (χ2v) is 26.5. The third kappa shape index (κ3) is 9.06. The molecule has 11 rings (SSSR count). The number of para-hydroxylation sites is 1. The fourth-order valence-corrected chi connectivity index (χ4v) is 11.3. The molecule has 0 atom stereocenters. The molecule has 0 fully saturated rings. The van der Waals surface area contributed by atoms with Crippen molar-refractivity contribution in [3.8, 4) is 11.3 Å². The van der Waals surface area contributed by atoms with Gasteiger partial charge in [-0.05, 0) is 168 Å². The van der Waals surface area contributed by atoms with Crippen LogP contribution < -0.4 is 31.1 Å². The van der Waals surface area contributed by atoms with Crippen LogP contribution in [0, 0.1) is 0 Å². The highest BCUT2D eigenvalue weighted by molar-refractivity contribution is 7.00. The molecule has 4 nitrogen and oxygen atoms in total. The Balaban J connectivity index is 1.23. The summed E-state index contributed by atoms with van der Waals surface area (Å²) < 4.78 is 6.42. The number of nitrogens with zero attached hydrogens (tertiary/aromatic N) is 3. The van der Waals surface area contributed by atoms with E-state index >= 15 is 0 Å². The Hall–Kier alpha value is -7.24. The molecule has 0 radical (unpaired) electrons. The number of fused-ring (bicyclic) bond motifs is 5. The summed E-state index contributed by atoms with van der Waals surface area (Å²) in [5.74, 6) is 0.857. The van der Waals surface area contributed by atoms with Gasteiger partial charge in [-0.15, -0.1) is 0 Å². The predicted octanol–water partition coefficient (Wildman–Crippen LogP) is 18.1. The summed E-state index contributed by atoms with van der Waals surface area (Å²) in [4.78, 5) is 7.59. The predicted molar refractivity (Wildman–Crippen MR) is 324 cm³/mol. The molecule has 8 aromatic carbocycles. The molecule has 9 aromatic rings. The largest absolute Gasteiger partial charge is 0.456 e. The lowest BCUT2D eigenvalue weighted by Gasteiger charge is -2.45. The molecular weight excluding hydrogens is 910 g/mol. The molecule has 75 heavy (non-hydrogen) atoms. The first kappa shape index (κ1) is 49.9. The topological polar surface area (TPSA) is 22.9 Å². The molecule has 0 unspecified atom stereocenters. The zero-order valence-electron chi connectivity index (χ0n) is 47.1. The highest BCUT2D eigenvalue weighted by atomic mass is 16.3. The van der Waals surface area contributed by atoms with Crippen molar-refractivity contribution in [2.75, 3.05) is 14.7 Å². The molecule has 0 bridgehead atoms. The summed E-state index contributed by atoms with van der Waals surface area (Å²) in [5, 5.41) is 1.10. The van der Waals surface area contributed by atoms with E-state index in [4.69, 9.17) is 4.42 Å². The molecule has 1 aromatic heterocycles. The van der Waals surface area contributed by atoms with Gasteiger partial charge in [0, 0.05) is 56.4 Å². The van der Waals surface area contributed by atoms with Gasteiger partial charge in [-0.2, -0.15) is 0 Å². The van der Waals surface area contributed by atoms with E-state index < -0.39 is 0 Å². The minimum atomic E-state index is -0.0598. The van der Waals surface area contributed by atoms with Crippen molar-refractivity contribution in [3.63, 3.8) is 0 Å². The number of hydrogen-bond acceptors (Lipinski definition) is 4. The SMILES string of the molecule is CC(C)(C)c1ccc(N(c2ccc(-c3cc4ccccc4o3)cc2)c2cc3c4c(c2)N(c2ccc(C(C)(C)C)cc2)c2ccc(C(C)(C)C)cc2B4c2cc(C(C)(C)C)ccc2N3c2ccc(C(C)(C)C)cc2)cc1. The van der Waals surface area contributed by atoms with Gasteiger partial charge in [0.15, 0.2) is 0 Å². The summed E-state index contributed by atoms with van der Waals surface area (Å²) in [7, 11) is 0. The molecule has 0 amide bonds. The Bertz CT molecular complexity index is 3420. The van der Waals surface area contributed by atoms with Crippen LogP contribution in [0.15, 0.2) is 180 Å². The fraction of sp³-hybridized carbons (Fsp3) is 0.286. The highest BCUT2D eigenvalue weighted by Gasteiger charge is 2.45. The zero-order valence-corrected chi connectivity index (χ0v) is 47.1. The fourth-order valence-electron chi connectivity index (χ4n) is 11.3. The normalized spacial score (nSPS) is 13.7. The van der Waals surface area contributed by atoms with Crippen LogP contribution in [0.1, 0.15) is 132 Å². The Kier molecular flexibility index (Phi) is 11.8. The molecule has 2 aliphatic rings. The Labute approximate surface area is 448 Å². The van der Waals surface area contributed by atoms with Gasteiger partial charge in [0.2, 0.25) is 0 Å². The molecule has 0 aliphatic carbocycles. The smallest absolute Gasteiger partial charge is 0.252 e. The summed E-state index contributed by atoms with van der Waals surface area (Å²) in [6.45, 7) is 34.7. The number of anilines is 9. The van der Waals surface area contributed by atoms with E-state index in [9.17, 15) is 0 Å². The van der Waals surface area contributed by atoms with Gasteiger partial charge in [0.05, 0.1) is 5.69 Å². The lowest BCUT2D eigenvalue weighted by Crippen LogP contribution is -2.61. The van der Waals surface area contributed by atoms with Crippen molar-refractivity contribution in [2.45, 2.75) is 131 Å². The van der Waals surface area contributed by atoms with Gasteiger partial charge in [0.1, 0.15) is 11.3 Å². The first-order chi connectivity index (χ1) is 35.3. The van der Waals surface area contributed by atoms with Gasteiger partial charge in [0.25, 0.3) is 6.71 Å².